The predicted molar refractivity (Wildman–Crippen MR) is 111 cm³/mol. The standard InChI is InChI=1S/C20H25N3O5S/c1-14-6-7-15(20(25)23(4)13-19(24)22(2)3)12-18(14)29(26,27)21-16-8-10-17(28-5)11-9-16/h6-12,21H,13H2,1-5H3. The lowest BCUT2D eigenvalue weighted by Crippen LogP contribution is -2.37. The first-order chi connectivity index (χ1) is 13.5. The van der Waals surface area contributed by atoms with Crippen LogP contribution in [0.5, 0.6) is 5.75 Å². The fourth-order valence-electron chi connectivity index (χ4n) is 2.53. The molecule has 0 bridgehead atoms. The van der Waals surface area contributed by atoms with Crippen molar-refractivity contribution < 1.29 is 22.7 Å². The highest BCUT2D eigenvalue weighted by atomic mass is 32.2. The molecule has 0 spiro atoms. The zero-order chi connectivity index (χ0) is 21.8. The summed E-state index contributed by atoms with van der Waals surface area (Å²) in [5.41, 5.74) is 1.05. The predicted octanol–water partition coefficient (Wildman–Crippen LogP) is 1.96. The van der Waals surface area contributed by atoms with E-state index in [4.69, 9.17) is 4.74 Å². The third kappa shape index (κ3) is 5.47. The van der Waals surface area contributed by atoms with Gasteiger partial charge in [0.05, 0.1) is 18.6 Å². The SMILES string of the molecule is COc1ccc(NS(=O)(=O)c2cc(C(=O)N(C)CC(=O)N(C)C)ccc2C)cc1. The molecule has 1 N–H and O–H groups in total. The molecule has 29 heavy (non-hydrogen) atoms. The van der Waals surface area contributed by atoms with Gasteiger partial charge in [0.1, 0.15) is 5.75 Å². The van der Waals surface area contributed by atoms with Gasteiger partial charge >= 0.3 is 0 Å². The first-order valence-corrected chi connectivity index (χ1v) is 10.3. The smallest absolute Gasteiger partial charge is 0.262 e. The maximum absolute atomic E-state index is 12.9. The lowest BCUT2D eigenvalue weighted by molar-refractivity contribution is -0.129. The number of methoxy groups -OCH3 is 1. The van der Waals surface area contributed by atoms with Gasteiger partial charge in [0.25, 0.3) is 15.9 Å². The Morgan fingerprint density at radius 1 is 1.03 bits per heavy atom. The minimum atomic E-state index is -3.92. The molecule has 0 radical (unpaired) electrons. The van der Waals surface area contributed by atoms with Crippen LogP contribution in [0.3, 0.4) is 0 Å². The van der Waals surface area contributed by atoms with E-state index in [9.17, 15) is 18.0 Å². The fraction of sp³-hybridized carbons (Fsp3) is 0.300. The van der Waals surface area contributed by atoms with Crippen LogP contribution in [0, 0.1) is 6.92 Å². The molecule has 0 aliphatic carbocycles. The van der Waals surface area contributed by atoms with Gasteiger partial charge in [0, 0.05) is 32.4 Å². The van der Waals surface area contributed by atoms with E-state index < -0.39 is 15.9 Å². The lowest BCUT2D eigenvalue weighted by Gasteiger charge is -2.20. The van der Waals surface area contributed by atoms with Crippen LogP contribution in [0.15, 0.2) is 47.4 Å². The Balaban J connectivity index is 2.28. The molecule has 0 aromatic heterocycles. The summed E-state index contributed by atoms with van der Waals surface area (Å²) < 4.78 is 33.3. The van der Waals surface area contributed by atoms with Crippen LogP contribution in [0.2, 0.25) is 0 Å². The third-order valence-corrected chi connectivity index (χ3v) is 5.81. The number of nitrogens with zero attached hydrogens (tertiary/aromatic N) is 2. The van der Waals surface area contributed by atoms with Crippen molar-refractivity contribution in [3.63, 3.8) is 0 Å². The van der Waals surface area contributed by atoms with Crippen molar-refractivity contribution in [2.45, 2.75) is 11.8 Å². The normalized spacial score (nSPS) is 10.9. The van der Waals surface area contributed by atoms with Gasteiger partial charge in [0.2, 0.25) is 5.91 Å². The Bertz CT molecular complexity index is 1000. The van der Waals surface area contributed by atoms with Crippen LogP contribution < -0.4 is 9.46 Å². The lowest BCUT2D eigenvalue weighted by atomic mass is 10.1. The number of rotatable bonds is 7. The number of hydrogen-bond donors (Lipinski definition) is 1. The number of carbonyl (C=O) groups excluding carboxylic acids is 2. The van der Waals surface area contributed by atoms with Gasteiger partial charge in [-0.05, 0) is 48.9 Å². The minimum absolute atomic E-state index is 0.00787. The molecule has 8 nitrogen and oxygen atoms in total. The van der Waals surface area contributed by atoms with Crippen molar-refractivity contribution in [1.29, 1.82) is 0 Å². The second kappa shape index (κ2) is 8.95. The average molecular weight is 420 g/mol. The average Bonchev–Trinajstić information content (AvgIpc) is 2.67. The van der Waals surface area contributed by atoms with E-state index in [0.717, 1.165) is 0 Å². The summed E-state index contributed by atoms with van der Waals surface area (Å²) in [6, 6.07) is 10.9. The molecule has 2 aromatic carbocycles. The molecule has 0 unspecified atom stereocenters. The summed E-state index contributed by atoms with van der Waals surface area (Å²) in [5, 5.41) is 0. The Hall–Kier alpha value is -3.07. The summed E-state index contributed by atoms with van der Waals surface area (Å²) in [5.74, 6) is -0.0740. The Morgan fingerprint density at radius 2 is 1.66 bits per heavy atom. The number of ether oxygens (including phenoxy) is 1. The van der Waals surface area contributed by atoms with Crippen molar-refractivity contribution >= 4 is 27.5 Å². The molecule has 0 saturated heterocycles. The number of amides is 2. The van der Waals surface area contributed by atoms with Gasteiger partial charge in [-0.1, -0.05) is 6.07 Å². The number of benzene rings is 2. The van der Waals surface area contributed by atoms with Crippen molar-refractivity contribution in [2.24, 2.45) is 0 Å². The zero-order valence-corrected chi connectivity index (χ0v) is 17.9. The Kier molecular flexibility index (Phi) is 6.86. The molecule has 0 aliphatic heterocycles. The van der Waals surface area contributed by atoms with E-state index in [0.29, 0.717) is 17.0 Å². The number of nitrogens with one attached hydrogen (secondary N) is 1. The molecule has 2 rings (SSSR count). The number of hydrogen-bond acceptors (Lipinski definition) is 5. The molecule has 0 saturated carbocycles. The highest BCUT2D eigenvalue weighted by Gasteiger charge is 2.22. The number of carbonyl (C=O) groups is 2. The van der Waals surface area contributed by atoms with Crippen molar-refractivity contribution in [3.05, 3.63) is 53.6 Å². The van der Waals surface area contributed by atoms with Crippen molar-refractivity contribution in [2.75, 3.05) is 39.5 Å². The van der Waals surface area contributed by atoms with Crippen LogP contribution in [0.1, 0.15) is 15.9 Å². The van der Waals surface area contributed by atoms with Crippen LogP contribution >= 0.6 is 0 Å². The van der Waals surface area contributed by atoms with E-state index >= 15 is 0 Å². The summed E-state index contributed by atoms with van der Waals surface area (Å²) in [6.45, 7) is 1.54. The van der Waals surface area contributed by atoms with Gasteiger partial charge in [0.15, 0.2) is 0 Å². The molecule has 9 heteroatoms. The van der Waals surface area contributed by atoms with Crippen LogP contribution in [-0.2, 0) is 14.8 Å². The molecular formula is C20H25N3O5S. The Labute approximate surface area is 171 Å². The summed E-state index contributed by atoms with van der Waals surface area (Å²) in [6.07, 6.45) is 0. The molecule has 0 heterocycles. The first kappa shape index (κ1) is 22.2. The summed E-state index contributed by atoms with van der Waals surface area (Å²) in [4.78, 5) is 27.1. The second-order valence-electron chi connectivity index (χ2n) is 6.76. The van der Waals surface area contributed by atoms with Gasteiger partial charge in [-0.15, -0.1) is 0 Å². The highest BCUT2D eigenvalue weighted by molar-refractivity contribution is 7.92. The Morgan fingerprint density at radius 3 is 2.21 bits per heavy atom. The topological polar surface area (TPSA) is 96.0 Å². The third-order valence-electron chi connectivity index (χ3n) is 4.28. The molecule has 0 aliphatic rings. The first-order valence-electron chi connectivity index (χ1n) is 8.78. The molecule has 2 aromatic rings. The minimum Gasteiger partial charge on any atom is -0.497 e. The summed E-state index contributed by atoms with van der Waals surface area (Å²) >= 11 is 0. The number of likely N-dealkylation sites (N-methyl/N-ethyl adjacent to an activating group) is 2. The van der Waals surface area contributed by atoms with Crippen molar-refractivity contribution in [3.8, 4) is 5.75 Å². The zero-order valence-electron chi connectivity index (χ0n) is 17.1. The largest absolute Gasteiger partial charge is 0.497 e. The maximum atomic E-state index is 12.9. The maximum Gasteiger partial charge on any atom is 0.262 e. The van der Waals surface area contributed by atoms with Crippen LogP contribution in [0.25, 0.3) is 0 Å². The fourth-order valence-corrected chi connectivity index (χ4v) is 3.86. The van der Waals surface area contributed by atoms with Gasteiger partial charge in [-0.2, -0.15) is 0 Å². The monoisotopic (exact) mass is 419 g/mol. The highest BCUT2D eigenvalue weighted by Crippen LogP contribution is 2.23. The van der Waals surface area contributed by atoms with E-state index in [2.05, 4.69) is 4.72 Å². The quantitative estimate of drug-likeness (QED) is 0.740. The molecule has 0 fully saturated rings. The molecule has 156 valence electrons. The number of anilines is 1. The molecule has 2 amide bonds. The van der Waals surface area contributed by atoms with E-state index in [1.807, 2.05) is 0 Å². The molecule has 0 atom stereocenters. The van der Waals surface area contributed by atoms with E-state index in [1.165, 1.54) is 30.0 Å². The van der Waals surface area contributed by atoms with E-state index in [1.54, 1.807) is 57.4 Å². The van der Waals surface area contributed by atoms with Crippen LogP contribution in [-0.4, -0.2) is 64.8 Å². The summed E-state index contributed by atoms with van der Waals surface area (Å²) in [7, 11) is 2.30. The molecular weight excluding hydrogens is 394 g/mol. The van der Waals surface area contributed by atoms with Gasteiger partial charge < -0.3 is 14.5 Å². The number of sulfonamides is 1. The van der Waals surface area contributed by atoms with Gasteiger partial charge in [-0.3, -0.25) is 14.3 Å². The van der Waals surface area contributed by atoms with Gasteiger partial charge in [-0.25, -0.2) is 8.42 Å². The van der Waals surface area contributed by atoms with Crippen LogP contribution in [0.4, 0.5) is 5.69 Å². The van der Waals surface area contributed by atoms with E-state index in [-0.39, 0.29) is 22.9 Å². The number of aryl methyl sites for hydroxylation is 1. The second-order valence-corrected chi connectivity index (χ2v) is 8.41. The van der Waals surface area contributed by atoms with Crippen molar-refractivity contribution in [1.82, 2.24) is 9.80 Å².